The molecule has 0 radical (unpaired) electrons. The van der Waals surface area contributed by atoms with Crippen LogP contribution in [0.2, 0.25) is 0 Å². The lowest BCUT2D eigenvalue weighted by molar-refractivity contribution is -0.137. The maximum atomic E-state index is 12.6. The zero-order chi connectivity index (χ0) is 14.8. The molecule has 2 heterocycles. The smallest absolute Gasteiger partial charge is 0.443 e. The molecule has 20 heavy (non-hydrogen) atoms. The number of halogens is 4. The Balaban J connectivity index is 2.29. The molecule has 1 N–H and O–H groups in total. The minimum atomic E-state index is -4.41. The second-order valence-electron chi connectivity index (χ2n) is 4.09. The van der Waals surface area contributed by atoms with E-state index in [4.69, 9.17) is 4.42 Å². The lowest BCUT2D eigenvalue weighted by Gasteiger charge is -2.14. The molecule has 3 nitrogen and oxygen atoms in total. The van der Waals surface area contributed by atoms with Crippen molar-refractivity contribution in [2.24, 2.45) is 0 Å². The first-order valence-corrected chi connectivity index (χ1v) is 7.54. The molecule has 0 bridgehead atoms. The molecule has 1 atom stereocenters. The van der Waals surface area contributed by atoms with Crippen LogP contribution in [-0.2, 0) is 6.18 Å². The molecule has 0 aliphatic carbocycles. The molecule has 8 heteroatoms. The van der Waals surface area contributed by atoms with Gasteiger partial charge in [-0.15, -0.1) is 11.3 Å². The van der Waals surface area contributed by atoms with Gasteiger partial charge in [-0.3, -0.25) is 0 Å². The zero-order valence-corrected chi connectivity index (χ0v) is 12.9. The SMILES string of the molecule is CCCNC(c1ccc(Br)o1)c1cnc(C(F)(F)F)s1. The van der Waals surface area contributed by atoms with Crippen LogP contribution in [0.3, 0.4) is 0 Å². The van der Waals surface area contributed by atoms with Gasteiger partial charge in [0.05, 0.1) is 0 Å². The molecule has 1 unspecified atom stereocenters. The predicted octanol–water partition coefficient (Wildman–Crippen LogP) is 4.61. The Bertz CT molecular complexity index is 567. The van der Waals surface area contributed by atoms with Gasteiger partial charge < -0.3 is 9.73 Å². The summed E-state index contributed by atoms with van der Waals surface area (Å²) in [5.74, 6) is 0.558. The Morgan fingerprint density at radius 2 is 2.20 bits per heavy atom. The number of rotatable bonds is 5. The minimum Gasteiger partial charge on any atom is -0.452 e. The van der Waals surface area contributed by atoms with Crippen LogP contribution < -0.4 is 5.32 Å². The molecule has 0 spiro atoms. The van der Waals surface area contributed by atoms with E-state index in [0.29, 0.717) is 33.2 Å². The Morgan fingerprint density at radius 1 is 1.45 bits per heavy atom. The lowest BCUT2D eigenvalue weighted by atomic mass is 10.2. The summed E-state index contributed by atoms with van der Waals surface area (Å²) in [7, 11) is 0. The van der Waals surface area contributed by atoms with Gasteiger partial charge in [-0.1, -0.05) is 6.92 Å². The third-order valence-corrected chi connectivity index (χ3v) is 4.06. The highest BCUT2D eigenvalue weighted by molar-refractivity contribution is 9.10. The average Bonchev–Trinajstić information content (AvgIpc) is 2.99. The van der Waals surface area contributed by atoms with Crippen LogP contribution in [0.5, 0.6) is 0 Å². The van der Waals surface area contributed by atoms with E-state index < -0.39 is 17.2 Å². The third kappa shape index (κ3) is 3.62. The van der Waals surface area contributed by atoms with E-state index in [1.165, 1.54) is 6.20 Å². The van der Waals surface area contributed by atoms with Crippen molar-refractivity contribution < 1.29 is 17.6 Å². The van der Waals surface area contributed by atoms with Crippen molar-refractivity contribution in [2.75, 3.05) is 6.54 Å². The first kappa shape index (κ1) is 15.5. The first-order chi connectivity index (χ1) is 9.41. The van der Waals surface area contributed by atoms with E-state index in [9.17, 15) is 13.2 Å². The highest BCUT2D eigenvalue weighted by Crippen LogP contribution is 2.36. The van der Waals surface area contributed by atoms with E-state index in [2.05, 4.69) is 26.2 Å². The summed E-state index contributed by atoms with van der Waals surface area (Å²) in [6.45, 7) is 2.65. The van der Waals surface area contributed by atoms with Gasteiger partial charge in [0.15, 0.2) is 9.68 Å². The Kier molecular flexibility index (Phi) is 4.87. The fraction of sp³-hybridized carbons (Fsp3) is 0.417. The summed E-state index contributed by atoms with van der Waals surface area (Å²) >= 11 is 3.82. The van der Waals surface area contributed by atoms with Crippen LogP contribution in [0.25, 0.3) is 0 Å². The van der Waals surface area contributed by atoms with Crippen molar-refractivity contribution in [2.45, 2.75) is 25.6 Å². The van der Waals surface area contributed by atoms with Gasteiger partial charge in [-0.2, -0.15) is 13.2 Å². The molecule has 0 amide bonds. The van der Waals surface area contributed by atoms with Crippen molar-refractivity contribution in [3.05, 3.63) is 38.6 Å². The highest BCUT2D eigenvalue weighted by Gasteiger charge is 2.35. The summed E-state index contributed by atoms with van der Waals surface area (Å²) in [6, 6.07) is 3.02. The van der Waals surface area contributed by atoms with Crippen LogP contribution in [0.1, 0.15) is 35.0 Å². The Morgan fingerprint density at radius 3 is 2.70 bits per heavy atom. The summed E-state index contributed by atoms with van der Waals surface area (Å²) in [5.41, 5.74) is 0. The van der Waals surface area contributed by atoms with Gasteiger partial charge in [-0.05, 0) is 41.0 Å². The van der Waals surface area contributed by atoms with Crippen LogP contribution in [0.4, 0.5) is 13.2 Å². The maximum absolute atomic E-state index is 12.6. The predicted molar refractivity (Wildman–Crippen MR) is 73.7 cm³/mol. The molecule has 0 saturated heterocycles. The average molecular weight is 369 g/mol. The second kappa shape index (κ2) is 6.28. The fourth-order valence-electron chi connectivity index (χ4n) is 1.66. The van der Waals surface area contributed by atoms with E-state index in [1.807, 2.05) is 6.92 Å². The second-order valence-corrected chi connectivity index (χ2v) is 5.94. The van der Waals surface area contributed by atoms with E-state index in [0.717, 1.165) is 6.42 Å². The number of alkyl halides is 3. The molecular weight excluding hydrogens is 357 g/mol. The third-order valence-electron chi connectivity index (χ3n) is 2.53. The molecule has 0 aliphatic heterocycles. The highest BCUT2D eigenvalue weighted by atomic mass is 79.9. The normalized spacial score (nSPS) is 13.7. The summed E-state index contributed by atoms with van der Waals surface area (Å²) in [6.07, 6.45) is -2.30. The Labute approximate surface area is 126 Å². The van der Waals surface area contributed by atoms with Crippen molar-refractivity contribution in [1.29, 1.82) is 0 Å². The fourth-order valence-corrected chi connectivity index (χ4v) is 2.85. The molecule has 110 valence electrons. The summed E-state index contributed by atoms with van der Waals surface area (Å²) in [4.78, 5) is 3.93. The van der Waals surface area contributed by atoms with E-state index in [1.54, 1.807) is 12.1 Å². The standard InChI is InChI=1S/C12H12BrF3N2OS/c1-2-5-17-10(7-3-4-9(13)19-7)8-6-18-11(20-8)12(14,15)16/h3-4,6,10,17H,2,5H2,1H3. The largest absolute Gasteiger partial charge is 0.452 e. The molecule has 0 saturated carbocycles. The zero-order valence-electron chi connectivity index (χ0n) is 10.5. The molecule has 2 aromatic rings. The number of nitrogens with one attached hydrogen (secondary N) is 1. The molecule has 0 aliphatic rings. The van der Waals surface area contributed by atoms with E-state index in [-0.39, 0.29) is 0 Å². The topological polar surface area (TPSA) is 38.1 Å². The molecule has 2 aromatic heterocycles. The summed E-state index contributed by atoms with van der Waals surface area (Å²) in [5, 5.41) is 2.32. The van der Waals surface area contributed by atoms with Gasteiger partial charge >= 0.3 is 6.18 Å². The van der Waals surface area contributed by atoms with E-state index >= 15 is 0 Å². The van der Waals surface area contributed by atoms with Gasteiger partial charge in [0.2, 0.25) is 0 Å². The maximum Gasteiger partial charge on any atom is 0.443 e. The number of furan rings is 1. The molecule has 0 aromatic carbocycles. The molecule has 0 fully saturated rings. The van der Waals surface area contributed by atoms with Crippen molar-refractivity contribution in [3.8, 4) is 0 Å². The summed E-state index contributed by atoms with van der Waals surface area (Å²) < 4.78 is 43.8. The lowest BCUT2D eigenvalue weighted by Crippen LogP contribution is -2.21. The Hall–Kier alpha value is -0.860. The molecule has 2 rings (SSSR count). The number of aromatic nitrogens is 1. The van der Waals surface area contributed by atoms with Crippen LogP contribution in [0.15, 0.2) is 27.4 Å². The van der Waals surface area contributed by atoms with Gasteiger partial charge in [-0.25, -0.2) is 4.98 Å². The van der Waals surface area contributed by atoms with Crippen molar-refractivity contribution >= 4 is 27.3 Å². The monoisotopic (exact) mass is 368 g/mol. The van der Waals surface area contributed by atoms with Gasteiger partial charge in [0.25, 0.3) is 0 Å². The van der Waals surface area contributed by atoms with Gasteiger partial charge in [0, 0.05) is 11.1 Å². The van der Waals surface area contributed by atoms with Crippen molar-refractivity contribution in [1.82, 2.24) is 10.3 Å². The minimum absolute atomic E-state index is 0.421. The van der Waals surface area contributed by atoms with Crippen LogP contribution in [0, 0.1) is 0 Å². The van der Waals surface area contributed by atoms with Gasteiger partial charge in [0.1, 0.15) is 11.8 Å². The number of nitrogens with zero attached hydrogens (tertiary/aromatic N) is 1. The number of thiazole rings is 1. The number of hydrogen-bond donors (Lipinski definition) is 1. The number of hydrogen-bond acceptors (Lipinski definition) is 4. The van der Waals surface area contributed by atoms with Crippen LogP contribution in [-0.4, -0.2) is 11.5 Å². The molecular formula is C12H12BrF3N2OS. The quantitative estimate of drug-likeness (QED) is 0.837. The van der Waals surface area contributed by atoms with Crippen molar-refractivity contribution in [3.63, 3.8) is 0 Å². The first-order valence-electron chi connectivity index (χ1n) is 5.93. The van der Waals surface area contributed by atoms with Crippen LogP contribution >= 0.6 is 27.3 Å².